The third kappa shape index (κ3) is 3.28. The summed E-state index contributed by atoms with van der Waals surface area (Å²) < 4.78 is 10.4. The zero-order valence-corrected chi connectivity index (χ0v) is 13.9. The van der Waals surface area contributed by atoms with Crippen molar-refractivity contribution in [2.75, 3.05) is 26.3 Å². The Morgan fingerprint density at radius 3 is 2.88 bits per heavy atom. The number of hydrogen-bond donors (Lipinski definition) is 2. The molecule has 3 aliphatic rings. The summed E-state index contributed by atoms with van der Waals surface area (Å²) in [5.41, 5.74) is 2.18. The summed E-state index contributed by atoms with van der Waals surface area (Å²) in [6.45, 7) is 1.46. The van der Waals surface area contributed by atoms with Gasteiger partial charge in [0.2, 0.25) is 5.91 Å². The first kappa shape index (κ1) is 16.2. The lowest BCUT2D eigenvalue weighted by Crippen LogP contribution is -2.45. The van der Waals surface area contributed by atoms with Gasteiger partial charge in [-0.3, -0.25) is 9.69 Å². The average Bonchev–Trinajstić information content (AvgIpc) is 3.18. The minimum absolute atomic E-state index is 0.00133. The summed E-state index contributed by atoms with van der Waals surface area (Å²) in [5.74, 6) is 0.897. The van der Waals surface area contributed by atoms with E-state index in [2.05, 4.69) is 11.4 Å². The third-order valence-electron chi connectivity index (χ3n) is 5.19. The highest BCUT2D eigenvalue weighted by Crippen LogP contribution is 2.39. The Labute approximate surface area is 145 Å². The largest absolute Gasteiger partial charge is 0.493 e. The van der Waals surface area contributed by atoms with E-state index in [1.807, 2.05) is 12.1 Å². The summed E-state index contributed by atoms with van der Waals surface area (Å²) in [6.07, 6.45) is 1.47. The van der Waals surface area contributed by atoms with Gasteiger partial charge in [-0.25, -0.2) is 4.79 Å². The number of rotatable bonds is 5. The van der Waals surface area contributed by atoms with E-state index in [0.29, 0.717) is 32.6 Å². The van der Waals surface area contributed by atoms with E-state index < -0.39 is 6.09 Å². The molecule has 134 valence electrons. The van der Waals surface area contributed by atoms with Crippen LogP contribution in [-0.2, 0) is 16.0 Å². The van der Waals surface area contributed by atoms with E-state index in [4.69, 9.17) is 9.47 Å². The van der Waals surface area contributed by atoms with Gasteiger partial charge in [0.05, 0.1) is 25.3 Å². The van der Waals surface area contributed by atoms with Crippen LogP contribution in [0.25, 0.3) is 0 Å². The molecule has 1 aromatic rings. The second kappa shape index (κ2) is 6.55. The van der Waals surface area contributed by atoms with E-state index in [1.54, 1.807) is 0 Å². The van der Waals surface area contributed by atoms with Crippen LogP contribution in [0, 0.1) is 5.92 Å². The minimum atomic E-state index is -0.444. The molecule has 2 aliphatic heterocycles. The molecular formula is C18H22N2O5. The topological polar surface area (TPSA) is 88.1 Å². The SMILES string of the molecule is O=C(CN1CCOC1=O)N[C@H](c1ccc2c(c1)CCO2)C1CC(O)C1. The summed E-state index contributed by atoms with van der Waals surface area (Å²) in [6, 6.07) is 5.84. The highest BCUT2D eigenvalue weighted by molar-refractivity contribution is 5.83. The molecule has 0 radical (unpaired) electrons. The molecular weight excluding hydrogens is 324 g/mol. The highest BCUT2D eigenvalue weighted by Gasteiger charge is 2.36. The molecule has 4 rings (SSSR count). The molecule has 0 spiro atoms. The predicted molar refractivity (Wildman–Crippen MR) is 88.2 cm³/mol. The van der Waals surface area contributed by atoms with Crippen LogP contribution in [0.2, 0.25) is 0 Å². The normalized spacial score (nSPS) is 25.6. The molecule has 2 amide bonds. The fraction of sp³-hybridized carbons (Fsp3) is 0.556. The van der Waals surface area contributed by atoms with Crippen LogP contribution in [0.5, 0.6) is 5.75 Å². The van der Waals surface area contributed by atoms with Crippen LogP contribution in [0.15, 0.2) is 18.2 Å². The van der Waals surface area contributed by atoms with Gasteiger partial charge in [0.15, 0.2) is 0 Å². The van der Waals surface area contributed by atoms with Crippen molar-refractivity contribution in [2.45, 2.75) is 31.4 Å². The predicted octanol–water partition coefficient (Wildman–Crippen LogP) is 1.00. The molecule has 0 bridgehead atoms. The van der Waals surface area contributed by atoms with Crippen molar-refractivity contribution >= 4 is 12.0 Å². The zero-order valence-electron chi connectivity index (χ0n) is 13.9. The quantitative estimate of drug-likeness (QED) is 0.830. The van der Waals surface area contributed by atoms with Crippen LogP contribution in [0.4, 0.5) is 4.79 Å². The second-order valence-electron chi connectivity index (χ2n) is 6.93. The number of nitrogens with one attached hydrogen (secondary N) is 1. The fourth-order valence-electron chi connectivity index (χ4n) is 3.74. The number of ether oxygens (including phenoxy) is 2. The standard InChI is InChI=1S/C18H22N2O5/c21-14-8-13(9-14)17(12-1-2-15-11(7-12)3-5-24-15)19-16(22)10-20-4-6-25-18(20)23/h1-2,7,13-14,17,21H,3-6,8-10H2,(H,19,22)/t13?,14?,17-/m1/s1. The van der Waals surface area contributed by atoms with Gasteiger partial charge in [0, 0.05) is 6.42 Å². The van der Waals surface area contributed by atoms with E-state index in [-0.39, 0.29) is 30.5 Å². The number of amides is 2. The summed E-state index contributed by atoms with van der Waals surface area (Å²) in [4.78, 5) is 25.4. The molecule has 0 unspecified atom stereocenters. The Hall–Kier alpha value is -2.28. The van der Waals surface area contributed by atoms with Gasteiger partial charge in [-0.05, 0) is 42.0 Å². The molecule has 1 saturated carbocycles. The van der Waals surface area contributed by atoms with Gasteiger partial charge in [0.1, 0.15) is 18.9 Å². The Morgan fingerprint density at radius 1 is 1.32 bits per heavy atom. The lowest BCUT2D eigenvalue weighted by atomic mass is 9.75. The van der Waals surface area contributed by atoms with Crippen molar-refractivity contribution in [3.05, 3.63) is 29.3 Å². The van der Waals surface area contributed by atoms with E-state index in [1.165, 1.54) is 4.90 Å². The molecule has 1 aliphatic carbocycles. The Morgan fingerprint density at radius 2 is 2.16 bits per heavy atom. The van der Waals surface area contributed by atoms with Gasteiger partial charge < -0.3 is 19.9 Å². The van der Waals surface area contributed by atoms with Crippen LogP contribution in [0.3, 0.4) is 0 Å². The first-order valence-corrected chi connectivity index (χ1v) is 8.75. The maximum atomic E-state index is 12.4. The maximum absolute atomic E-state index is 12.4. The number of benzene rings is 1. The number of fused-ring (bicyclic) bond motifs is 1. The number of cyclic esters (lactones) is 1. The smallest absolute Gasteiger partial charge is 0.410 e. The zero-order chi connectivity index (χ0) is 17.4. The lowest BCUT2D eigenvalue weighted by molar-refractivity contribution is -0.123. The van der Waals surface area contributed by atoms with Crippen molar-refractivity contribution in [3.8, 4) is 5.75 Å². The molecule has 7 nitrogen and oxygen atoms in total. The third-order valence-corrected chi connectivity index (χ3v) is 5.19. The molecule has 1 aromatic carbocycles. The van der Waals surface area contributed by atoms with Crippen molar-refractivity contribution < 1.29 is 24.2 Å². The number of aliphatic hydroxyl groups excluding tert-OH is 1. The summed E-state index contributed by atoms with van der Waals surface area (Å²) in [5, 5.41) is 12.7. The van der Waals surface area contributed by atoms with Gasteiger partial charge in [0.25, 0.3) is 0 Å². The minimum Gasteiger partial charge on any atom is -0.493 e. The van der Waals surface area contributed by atoms with Gasteiger partial charge >= 0.3 is 6.09 Å². The number of aliphatic hydroxyl groups is 1. The van der Waals surface area contributed by atoms with Crippen molar-refractivity contribution in [1.82, 2.24) is 10.2 Å². The first-order chi connectivity index (χ1) is 12.1. The van der Waals surface area contributed by atoms with Crippen molar-refractivity contribution in [2.24, 2.45) is 5.92 Å². The number of hydrogen-bond acceptors (Lipinski definition) is 5. The molecule has 2 heterocycles. The molecule has 1 saturated heterocycles. The summed E-state index contributed by atoms with van der Waals surface area (Å²) >= 11 is 0. The van der Waals surface area contributed by atoms with Gasteiger partial charge in [-0.15, -0.1) is 0 Å². The second-order valence-corrected chi connectivity index (χ2v) is 6.93. The molecule has 1 atom stereocenters. The van der Waals surface area contributed by atoms with Crippen molar-refractivity contribution in [3.63, 3.8) is 0 Å². The highest BCUT2D eigenvalue weighted by atomic mass is 16.6. The molecule has 0 aromatic heterocycles. The lowest BCUT2D eigenvalue weighted by Gasteiger charge is -2.38. The maximum Gasteiger partial charge on any atom is 0.410 e. The number of nitrogens with zero attached hydrogens (tertiary/aromatic N) is 1. The van der Waals surface area contributed by atoms with E-state index in [9.17, 15) is 14.7 Å². The molecule has 25 heavy (non-hydrogen) atoms. The van der Waals surface area contributed by atoms with Crippen molar-refractivity contribution in [1.29, 1.82) is 0 Å². The van der Waals surface area contributed by atoms with Crippen LogP contribution < -0.4 is 10.1 Å². The fourth-order valence-corrected chi connectivity index (χ4v) is 3.74. The molecule has 7 heteroatoms. The van der Waals surface area contributed by atoms with Crippen LogP contribution in [0.1, 0.15) is 30.0 Å². The van der Waals surface area contributed by atoms with Crippen LogP contribution >= 0.6 is 0 Å². The summed E-state index contributed by atoms with van der Waals surface area (Å²) in [7, 11) is 0. The van der Waals surface area contributed by atoms with E-state index >= 15 is 0 Å². The molecule has 2 N–H and O–H groups in total. The number of carbonyl (C=O) groups is 2. The van der Waals surface area contributed by atoms with E-state index in [0.717, 1.165) is 23.3 Å². The van der Waals surface area contributed by atoms with Gasteiger partial charge in [-0.1, -0.05) is 6.07 Å². The monoisotopic (exact) mass is 346 g/mol. The van der Waals surface area contributed by atoms with Crippen LogP contribution in [-0.4, -0.2) is 54.4 Å². The Kier molecular flexibility index (Phi) is 4.25. The number of carbonyl (C=O) groups excluding carboxylic acids is 2. The van der Waals surface area contributed by atoms with Gasteiger partial charge in [-0.2, -0.15) is 0 Å². The molecule has 2 fully saturated rings. The average molecular weight is 346 g/mol. The Balaban J connectivity index is 1.48. The first-order valence-electron chi connectivity index (χ1n) is 8.75. The Bertz CT molecular complexity index is 686.